The van der Waals surface area contributed by atoms with Crippen molar-refractivity contribution in [2.45, 2.75) is 25.4 Å². The Labute approximate surface area is 124 Å². The fourth-order valence-electron chi connectivity index (χ4n) is 2.77. The topological polar surface area (TPSA) is 43.8 Å². The van der Waals surface area contributed by atoms with E-state index < -0.39 is 0 Å². The van der Waals surface area contributed by atoms with Gasteiger partial charge in [-0.05, 0) is 35.8 Å². The van der Waals surface area contributed by atoms with Gasteiger partial charge in [0.2, 0.25) is 0 Å². The summed E-state index contributed by atoms with van der Waals surface area (Å²) >= 11 is 2.06. The number of aromatic nitrogens is 2. The average Bonchev–Trinajstić information content (AvgIpc) is 3.12. The maximum Gasteiger partial charge on any atom is 0.0948 e. The van der Waals surface area contributed by atoms with Gasteiger partial charge in [-0.15, -0.1) is 0 Å². The van der Waals surface area contributed by atoms with Crippen LogP contribution in [0, 0.1) is 5.92 Å². The van der Waals surface area contributed by atoms with E-state index >= 15 is 0 Å². The van der Waals surface area contributed by atoms with Gasteiger partial charge in [-0.3, -0.25) is 0 Å². The summed E-state index contributed by atoms with van der Waals surface area (Å²) in [5.74, 6) is 3.34. The standard InChI is InChI=1S/C16H21N3S/c17-15(8-13-4-2-1-3-5-13)16-9-18-12-19(16)10-14-6-7-20-11-14/h1-5,9,12,14-15H,6-8,10-11,17H2/t14?,15-/m1/s1. The SMILES string of the molecule is N[C@H](Cc1ccccc1)c1cncn1CC1CCSC1. The maximum absolute atomic E-state index is 6.38. The first-order valence-electron chi connectivity index (χ1n) is 7.20. The summed E-state index contributed by atoms with van der Waals surface area (Å²) < 4.78 is 2.25. The van der Waals surface area contributed by atoms with Crippen LogP contribution in [0.5, 0.6) is 0 Å². The highest BCUT2D eigenvalue weighted by atomic mass is 32.2. The molecule has 1 aromatic heterocycles. The molecule has 0 amide bonds. The van der Waals surface area contributed by atoms with Crippen molar-refractivity contribution in [1.29, 1.82) is 0 Å². The van der Waals surface area contributed by atoms with Gasteiger partial charge in [0.05, 0.1) is 18.1 Å². The molecule has 0 bridgehead atoms. The van der Waals surface area contributed by atoms with E-state index in [-0.39, 0.29) is 6.04 Å². The lowest BCUT2D eigenvalue weighted by molar-refractivity contribution is 0.470. The number of hydrogen-bond acceptors (Lipinski definition) is 3. The molecular formula is C16H21N3S. The smallest absolute Gasteiger partial charge is 0.0948 e. The summed E-state index contributed by atoms with van der Waals surface area (Å²) in [5.41, 5.74) is 8.82. The third-order valence-corrected chi connectivity index (χ3v) is 5.13. The largest absolute Gasteiger partial charge is 0.333 e. The van der Waals surface area contributed by atoms with E-state index in [1.807, 2.05) is 18.6 Å². The number of thioether (sulfide) groups is 1. The van der Waals surface area contributed by atoms with Crippen LogP contribution in [0.15, 0.2) is 42.9 Å². The van der Waals surface area contributed by atoms with E-state index in [0.717, 1.165) is 24.6 Å². The molecule has 0 saturated carbocycles. The molecule has 2 atom stereocenters. The van der Waals surface area contributed by atoms with E-state index in [1.54, 1.807) is 0 Å². The molecule has 3 nitrogen and oxygen atoms in total. The van der Waals surface area contributed by atoms with Crippen LogP contribution in [-0.4, -0.2) is 21.1 Å². The molecule has 2 heterocycles. The lowest BCUT2D eigenvalue weighted by Gasteiger charge is -2.17. The summed E-state index contributed by atoms with van der Waals surface area (Å²) in [7, 11) is 0. The van der Waals surface area contributed by atoms with Crippen molar-refractivity contribution in [2.24, 2.45) is 11.7 Å². The highest BCUT2D eigenvalue weighted by Crippen LogP contribution is 2.26. The molecule has 0 aliphatic carbocycles. The molecule has 0 spiro atoms. The Hall–Kier alpha value is -1.26. The zero-order valence-corrected chi connectivity index (χ0v) is 12.4. The molecule has 3 rings (SSSR count). The maximum atomic E-state index is 6.38. The van der Waals surface area contributed by atoms with Gasteiger partial charge in [0, 0.05) is 12.7 Å². The van der Waals surface area contributed by atoms with E-state index in [0.29, 0.717) is 0 Å². The Balaban J connectivity index is 1.68. The molecule has 0 radical (unpaired) electrons. The third kappa shape index (κ3) is 3.25. The molecule has 2 aromatic rings. The van der Waals surface area contributed by atoms with E-state index in [4.69, 9.17) is 5.73 Å². The fraction of sp³-hybridized carbons (Fsp3) is 0.438. The van der Waals surface area contributed by atoms with Gasteiger partial charge in [0.1, 0.15) is 0 Å². The average molecular weight is 287 g/mol. The Bertz CT molecular complexity index is 532. The Morgan fingerprint density at radius 1 is 1.35 bits per heavy atom. The van der Waals surface area contributed by atoms with Crippen LogP contribution in [-0.2, 0) is 13.0 Å². The highest BCUT2D eigenvalue weighted by molar-refractivity contribution is 7.99. The third-order valence-electron chi connectivity index (χ3n) is 3.90. The van der Waals surface area contributed by atoms with Crippen LogP contribution >= 0.6 is 11.8 Å². The number of nitrogens with two attached hydrogens (primary N) is 1. The minimum absolute atomic E-state index is 0.0222. The second-order valence-electron chi connectivity index (χ2n) is 5.50. The molecule has 4 heteroatoms. The summed E-state index contributed by atoms with van der Waals surface area (Å²) in [5, 5.41) is 0. The minimum atomic E-state index is 0.0222. The lowest BCUT2D eigenvalue weighted by Crippen LogP contribution is -2.20. The molecule has 1 aliphatic rings. The Kier molecular flexibility index (Phi) is 4.43. The Morgan fingerprint density at radius 3 is 2.95 bits per heavy atom. The van der Waals surface area contributed by atoms with Gasteiger partial charge in [-0.25, -0.2) is 4.98 Å². The van der Waals surface area contributed by atoms with E-state index in [9.17, 15) is 0 Å². The molecular weight excluding hydrogens is 266 g/mol. The zero-order valence-electron chi connectivity index (χ0n) is 11.6. The minimum Gasteiger partial charge on any atom is -0.333 e. The van der Waals surface area contributed by atoms with Gasteiger partial charge in [0.15, 0.2) is 0 Å². The number of benzene rings is 1. The van der Waals surface area contributed by atoms with Crippen LogP contribution < -0.4 is 5.73 Å². The van der Waals surface area contributed by atoms with Crippen molar-refractivity contribution < 1.29 is 0 Å². The number of nitrogens with zero attached hydrogens (tertiary/aromatic N) is 2. The second-order valence-corrected chi connectivity index (χ2v) is 6.65. The van der Waals surface area contributed by atoms with Gasteiger partial charge in [0.25, 0.3) is 0 Å². The predicted octanol–water partition coefficient (Wildman–Crippen LogP) is 2.88. The van der Waals surface area contributed by atoms with Crippen molar-refractivity contribution >= 4 is 11.8 Å². The van der Waals surface area contributed by atoms with Gasteiger partial charge in [-0.2, -0.15) is 11.8 Å². The van der Waals surface area contributed by atoms with Crippen molar-refractivity contribution in [2.75, 3.05) is 11.5 Å². The summed E-state index contributed by atoms with van der Waals surface area (Å²) in [6.07, 6.45) is 6.04. The van der Waals surface area contributed by atoms with Crippen LogP contribution in [0.1, 0.15) is 23.7 Å². The normalized spacial score (nSPS) is 20.1. The van der Waals surface area contributed by atoms with Gasteiger partial charge in [-0.1, -0.05) is 30.3 Å². The lowest BCUT2D eigenvalue weighted by atomic mass is 10.0. The fourth-order valence-corrected chi connectivity index (χ4v) is 4.04. The van der Waals surface area contributed by atoms with E-state index in [2.05, 4.69) is 45.6 Å². The summed E-state index contributed by atoms with van der Waals surface area (Å²) in [6.45, 7) is 1.06. The second kappa shape index (κ2) is 6.46. The highest BCUT2D eigenvalue weighted by Gasteiger charge is 2.19. The molecule has 1 aromatic carbocycles. The van der Waals surface area contributed by atoms with Crippen molar-refractivity contribution in [3.63, 3.8) is 0 Å². The van der Waals surface area contributed by atoms with Gasteiger partial charge < -0.3 is 10.3 Å². The number of imidazole rings is 1. The quantitative estimate of drug-likeness (QED) is 0.919. The summed E-state index contributed by atoms with van der Waals surface area (Å²) in [6, 6.07) is 10.5. The zero-order chi connectivity index (χ0) is 13.8. The summed E-state index contributed by atoms with van der Waals surface area (Å²) in [4.78, 5) is 4.30. The van der Waals surface area contributed by atoms with Crippen LogP contribution in [0.25, 0.3) is 0 Å². The van der Waals surface area contributed by atoms with E-state index in [1.165, 1.54) is 23.5 Å². The van der Waals surface area contributed by atoms with Crippen LogP contribution in [0.2, 0.25) is 0 Å². The molecule has 1 saturated heterocycles. The van der Waals surface area contributed by atoms with Crippen LogP contribution in [0.3, 0.4) is 0 Å². The van der Waals surface area contributed by atoms with Crippen LogP contribution in [0.4, 0.5) is 0 Å². The molecule has 1 fully saturated rings. The number of hydrogen-bond donors (Lipinski definition) is 1. The van der Waals surface area contributed by atoms with Crippen molar-refractivity contribution in [3.8, 4) is 0 Å². The first kappa shape index (κ1) is 13.7. The molecule has 20 heavy (non-hydrogen) atoms. The van der Waals surface area contributed by atoms with Gasteiger partial charge >= 0.3 is 0 Å². The first-order chi connectivity index (χ1) is 9.83. The molecule has 1 unspecified atom stereocenters. The molecule has 106 valence electrons. The van der Waals surface area contributed by atoms with Crippen molar-refractivity contribution in [3.05, 3.63) is 54.1 Å². The molecule has 2 N–H and O–H groups in total. The Morgan fingerprint density at radius 2 is 2.20 bits per heavy atom. The number of rotatable bonds is 5. The first-order valence-corrected chi connectivity index (χ1v) is 8.35. The van der Waals surface area contributed by atoms with Crippen molar-refractivity contribution in [1.82, 2.24) is 9.55 Å². The predicted molar refractivity (Wildman–Crippen MR) is 84.7 cm³/mol. The monoisotopic (exact) mass is 287 g/mol. The molecule has 1 aliphatic heterocycles.